The van der Waals surface area contributed by atoms with E-state index in [2.05, 4.69) is 134 Å². The first-order chi connectivity index (χ1) is 20.1. The van der Waals surface area contributed by atoms with Crippen LogP contribution in [-0.2, 0) is 5.41 Å². The van der Waals surface area contributed by atoms with Crippen LogP contribution in [0.5, 0.6) is 0 Å². The number of nitrogens with zero attached hydrogens (tertiary/aromatic N) is 2. The Labute approximate surface area is 249 Å². The smallest absolute Gasteiger partial charge is 0.0713 e. The van der Waals surface area contributed by atoms with Crippen LogP contribution in [0.2, 0.25) is 0 Å². The third-order valence-electron chi connectivity index (χ3n) is 8.02. The number of aryl methyl sites for hydroxylation is 2. The quantitative estimate of drug-likeness (QED) is 0.180. The van der Waals surface area contributed by atoms with Crippen molar-refractivity contribution in [2.24, 2.45) is 9.98 Å². The summed E-state index contributed by atoms with van der Waals surface area (Å²) in [6, 6.07) is 39.5. The molecule has 0 N–H and O–H groups in total. The minimum absolute atomic E-state index is 0.438. The summed E-state index contributed by atoms with van der Waals surface area (Å²) in [5, 5.41) is 4.22. The normalized spacial score (nSPS) is 13.6. The number of hydrogen-bond acceptors (Lipinski definition) is 4. The zero-order valence-electron chi connectivity index (χ0n) is 22.9. The highest BCUT2D eigenvalue weighted by Gasteiger charge is 2.45. The van der Waals surface area contributed by atoms with Crippen LogP contribution in [0.4, 0.5) is 11.4 Å². The molecule has 0 fully saturated rings. The number of rotatable bonds is 6. The molecule has 6 aromatic rings. The first-order valence-electron chi connectivity index (χ1n) is 13.7. The number of aliphatic imine (C=N–C) groups is 2. The van der Waals surface area contributed by atoms with Crippen LogP contribution in [0.3, 0.4) is 0 Å². The average Bonchev–Trinajstić information content (AvgIpc) is 3.71. The van der Waals surface area contributed by atoms with Gasteiger partial charge in [0.1, 0.15) is 0 Å². The fourth-order valence-corrected chi connectivity index (χ4v) is 7.49. The largest absolute Gasteiger partial charge is 0.255 e. The van der Waals surface area contributed by atoms with Gasteiger partial charge in [0.25, 0.3) is 0 Å². The zero-order chi connectivity index (χ0) is 27.8. The molecule has 0 bridgehead atoms. The lowest BCUT2D eigenvalue weighted by molar-refractivity contribution is 0.768. The molecular formula is C37H28N2S2. The predicted octanol–water partition coefficient (Wildman–Crippen LogP) is 10.3. The van der Waals surface area contributed by atoms with Crippen LogP contribution in [-0.4, -0.2) is 12.4 Å². The number of thiophene rings is 2. The predicted molar refractivity (Wildman–Crippen MR) is 176 cm³/mol. The van der Waals surface area contributed by atoms with Crippen LogP contribution in [0.15, 0.2) is 130 Å². The summed E-state index contributed by atoms with van der Waals surface area (Å²) >= 11 is 3.44. The molecule has 0 unspecified atom stereocenters. The third-order valence-corrected chi connectivity index (χ3v) is 9.93. The number of hydrogen-bond donors (Lipinski definition) is 0. The van der Waals surface area contributed by atoms with Gasteiger partial charge in [-0.2, -0.15) is 0 Å². The molecule has 2 aromatic heterocycles. The first kappa shape index (κ1) is 25.6. The Kier molecular flexibility index (Phi) is 6.58. The molecule has 0 saturated heterocycles. The van der Waals surface area contributed by atoms with Crippen molar-refractivity contribution in [2.45, 2.75) is 19.3 Å². The van der Waals surface area contributed by atoms with Gasteiger partial charge in [-0.25, -0.2) is 0 Å². The Morgan fingerprint density at radius 2 is 0.927 bits per heavy atom. The second-order valence-electron chi connectivity index (χ2n) is 10.4. The van der Waals surface area contributed by atoms with E-state index in [1.54, 1.807) is 22.7 Å². The molecule has 7 rings (SSSR count). The molecule has 0 amide bonds. The van der Waals surface area contributed by atoms with Crippen molar-refractivity contribution in [3.63, 3.8) is 0 Å². The molecule has 0 atom stereocenters. The van der Waals surface area contributed by atoms with E-state index in [-0.39, 0.29) is 0 Å². The second kappa shape index (κ2) is 10.5. The van der Waals surface area contributed by atoms with E-state index in [0.29, 0.717) is 0 Å². The summed E-state index contributed by atoms with van der Waals surface area (Å²) in [5.74, 6) is 0. The van der Waals surface area contributed by atoms with Crippen molar-refractivity contribution in [1.82, 2.24) is 0 Å². The Bertz CT molecular complexity index is 1760. The van der Waals surface area contributed by atoms with Crippen molar-refractivity contribution in [2.75, 3.05) is 0 Å². The molecule has 41 heavy (non-hydrogen) atoms. The van der Waals surface area contributed by atoms with Gasteiger partial charge in [0.2, 0.25) is 0 Å². The molecule has 0 saturated carbocycles. The highest BCUT2D eigenvalue weighted by Crippen LogP contribution is 2.56. The number of fused-ring (bicyclic) bond motifs is 3. The van der Waals surface area contributed by atoms with Gasteiger partial charge in [-0.05, 0) is 106 Å². The van der Waals surface area contributed by atoms with Gasteiger partial charge >= 0.3 is 0 Å². The summed E-state index contributed by atoms with van der Waals surface area (Å²) in [7, 11) is 0. The fourth-order valence-electron chi connectivity index (χ4n) is 5.92. The van der Waals surface area contributed by atoms with Crippen LogP contribution in [0.25, 0.3) is 11.1 Å². The SMILES string of the molecule is Cc1ccsc1C=Nc1ccc(C2(c3ccc(N=Cc4sccc4C)cc3)c3ccccc3-c3ccccc32)cc1. The topological polar surface area (TPSA) is 24.7 Å². The average molecular weight is 565 g/mol. The molecule has 4 heteroatoms. The van der Waals surface area contributed by atoms with Crippen molar-refractivity contribution in [1.29, 1.82) is 0 Å². The zero-order valence-corrected chi connectivity index (χ0v) is 24.5. The minimum Gasteiger partial charge on any atom is -0.255 e. The van der Waals surface area contributed by atoms with E-state index < -0.39 is 5.41 Å². The van der Waals surface area contributed by atoms with E-state index in [0.717, 1.165) is 11.4 Å². The number of benzene rings is 4. The van der Waals surface area contributed by atoms with E-state index in [1.165, 1.54) is 54.3 Å². The molecule has 0 aliphatic heterocycles. The highest BCUT2D eigenvalue weighted by molar-refractivity contribution is 7.12. The van der Waals surface area contributed by atoms with Crippen molar-refractivity contribution in [3.05, 3.63) is 163 Å². The van der Waals surface area contributed by atoms with Crippen LogP contribution < -0.4 is 0 Å². The van der Waals surface area contributed by atoms with Gasteiger partial charge < -0.3 is 0 Å². The van der Waals surface area contributed by atoms with E-state index >= 15 is 0 Å². The maximum atomic E-state index is 4.79. The van der Waals surface area contributed by atoms with Crippen molar-refractivity contribution < 1.29 is 0 Å². The highest BCUT2D eigenvalue weighted by atomic mass is 32.1. The van der Waals surface area contributed by atoms with Gasteiger partial charge in [0.05, 0.1) is 16.8 Å². The Morgan fingerprint density at radius 1 is 0.512 bits per heavy atom. The molecule has 198 valence electrons. The molecule has 0 spiro atoms. The molecule has 4 aromatic carbocycles. The maximum absolute atomic E-state index is 4.79. The van der Waals surface area contributed by atoms with E-state index in [9.17, 15) is 0 Å². The summed E-state index contributed by atoms with van der Waals surface area (Å²) in [6.45, 7) is 4.25. The molecule has 2 heterocycles. The van der Waals surface area contributed by atoms with Gasteiger partial charge in [0.15, 0.2) is 0 Å². The minimum atomic E-state index is -0.438. The van der Waals surface area contributed by atoms with Crippen molar-refractivity contribution in [3.8, 4) is 11.1 Å². The summed E-state index contributed by atoms with van der Waals surface area (Å²) < 4.78 is 0. The lowest BCUT2D eigenvalue weighted by atomic mass is 9.67. The van der Waals surface area contributed by atoms with Gasteiger partial charge in [-0.15, -0.1) is 22.7 Å². The van der Waals surface area contributed by atoms with Crippen molar-refractivity contribution >= 4 is 46.5 Å². The van der Waals surface area contributed by atoms with Crippen LogP contribution in [0.1, 0.15) is 43.1 Å². The van der Waals surface area contributed by atoms with Crippen LogP contribution in [0, 0.1) is 13.8 Å². The van der Waals surface area contributed by atoms with E-state index in [1.807, 2.05) is 12.4 Å². The van der Waals surface area contributed by atoms with Gasteiger partial charge in [-0.3, -0.25) is 9.98 Å². The molecule has 1 aliphatic carbocycles. The van der Waals surface area contributed by atoms with E-state index in [4.69, 9.17) is 9.98 Å². The lowest BCUT2D eigenvalue weighted by Gasteiger charge is -2.34. The van der Waals surface area contributed by atoms with Crippen LogP contribution >= 0.6 is 22.7 Å². The Morgan fingerprint density at radius 3 is 1.32 bits per heavy atom. The maximum Gasteiger partial charge on any atom is 0.0713 e. The molecule has 0 radical (unpaired) electrons. The lowest BCUT2D eigenvalue weighted by Crippen LogP contribution is -2.28. The standard InChI is InChI=1S/C37H28N2S2/c1-25-19-21-40-35(25)23-38-29-15-11-27(12-16-29)37(33-9-5-3-7-31(33)32-8-4-6-10-34(32)37)28-13-17-30(18-14-28)39-24-36-26(2)20-22-41-36/h3-24H,1-2H3. The third kappa shape index (κ3) is 4.40. The molecular weight excluding hydrogens is 537 g/mol. The summed E-state index contributed by atoms with van der Waals surface area (Å²) in [5.41, 5.74) is 11.6. The van der Waals surface area contributed by atoms with Gasteiger partial charge in [-0.1, -0.05) is 72.8 Å². The molecule has 2 nitrogen and oxygen atoms in total. The molecule has 1 aliphatic rings. The fraction of sp³-hybridized carbons (Fsp3) is 0.0811. The summed E-state index contributed by atoms with van der Waals surface area (Å²) in [4.78, 5) is 12.0. The first-order valence-corrected chi connectivity index (χ1v) is 15.5. The Hall–Kier alpha value is -4.38. The second-order valence-corrected chi connectivity index (χ2v) is 12.3. The summed E-state index contributed by atoms with van der Waals surface area (Å²) in [6.07, 6.45) is 3.95. The van der Waals surface area contributed by atoms with Gasteiger partial charge in [0, 0.05) is 22.2 Å². The monoisotopic (exact) mass is 564 g/mol. The Balaban J connectivity index is 1.35.